The van der Waals surface area contributed by atoms with E-state index in [1.807, 2.05) is 41.8 Å². The van der Waals surface area contributed by atoms with Crippen LogP contribution in [0, 0.1) is 0 Å². The smallest absolute Gasteiger partial charge is 0.270 e. The zero-order valence-electron chi connectivity index (χ0n) is 9.95. The molecule has 0 unspecified atom stereocenters. The molecule has 6 heteroatoms. The summed E-state index contributed by atoms with van der Waals surface area (Å²) in [5.41, 5.74) is 6.44. The van der Waals surface area contributed by atoms with E-state index in [1.165, 1.54) is 11.3 Å². The maximum Gasteiger partial charge on any atom is 0.270 e. The van der Waals surface area contributed by atoms with Crippen LogP contribution in [-0.2, 0) is 6.61 Å². The van der Waals surface area contributed by atoms with Gasteiger partial charge >= 0.3 is 0 Å². The summed E-state index contributed by atoms with van der Waals surface area (Å²) in [6, 6.07) is 11.3. The number of hydrogen-bond donors (Lipinski definition) is 1. The fourth-order valence-electron chi connectivity index (χ4n) is 1.56. The molecule has 5 nitrogen and oxygen atoms in total. The van der Waals surface area contributed by atoms with Crippen LogP contribution in [0.15, 0.2) is 46.3 Å². The maximum absolute atomic E-state index is 5.80. The van der Waals surface area contributed by atoms with Gasteiger partial charge in [0.1, 0.15) is 10.6 Å². The summed E-state index contributed by atoms with van der Waals surface area (Å²) >= 11 is 1.47. The van der Waals surface area contributed by atoms with Gasteiger partial charge in [-0.1, -0.05) is 23.4 Å². The van der Waals surface area contributed by atoms with Crippen LogP contribution in [0.5, 0.6) is 5.75 Å². The third kappa shape index (κ3) is 2.58. The van der Waals surface area contributed by atoms with Gasteiger partial charge in [0.2, 0.25) is 5.82 Å². The summed E-state index contributed by atoms with van der Waals surface area (Å²) < 4.78 is 10.7. The summed E-state index contributed by atoms with van der Waals surface area (Å²) in [6.45, 7) is 0.263. The number of aromatic nitrogens is 2. The molecule has 0 radical (unpaired) electrons. The molecular weight excluding hydrogens is 262 g/mol. The van der Waals surface area contributed by atoms with E-state index in [4.69, 9.17) is 15.0 Å². The highest BCUT2D eigenvalue weighted by atomic mass is 32.1. The summed E-state index contributed by atoms with van der Waals surface area (Å²) in [5.74, 6) is 1.69. The Morgan fingerprint density at radius 2 is 2.05 bits per heavy atom. The molecule has 0 saturated heterocycles. The van der Waals surface area contributed by atoms with Crippen molar-refractivity contribution in [3.63, 3.8) is 0 Å². The first-order valence-electron chi connectivity index (χ1n) is 5.67. The number of nitrogens with two attached hydrogens (primary N) is 1. The lowest BCUT2D eigenvalue weighted by atomic mass is 10.3. The summed E-state index contributed by atoms with van der Waals surface area (Å²) in [4.78, 5) is 5.05. The molecular formula is C13H11N3O2S. The molecule has 3 aromatic rings. The van der Waals surface area contributed by atoms with Gasteiger partial charge in [-0.3, -0.25) is 0 Å². The van der Waals surface area contributed by atoms with E-state index in [0.29, 0.717) is 17.4 Å². The first kappa shape index (κ1) is 11.7. The highest BCUT2D eigenvalue weighted by Gasteiger charge is 2.13. The molecule has 3 rings (SSSR count). The van der Waals surface area contributed by atoms with Crippen molar-refractivity contribution in [3.8, 4) is 16.5 Å². The lowest BCUT2D eigenvalue weighted by molar-refractivity contribution is 0.287. The lowest BCUT2D eigenvalue weighted by Gasteiger charge is -2.01. The molecule has 2 aromatic heterocycles. The van der Waals surface area contributed by atoms with Crippen LogP contribution >= 0.6 is 11.3 Å². The Balaban J connectivity index is 1.71. The fraction of sp³-hybridized carbons (Fsp3) is 0.0769. The van der Waals surface area contributed by atoms with E-state index < -0.39 is 0 Å². The number of anilines is 1. The van der Waals surface area contributed by atoms with Gasteiger partial charge in [0.15, 0.2) is 6.61 Å². The standard InChI is InChI=1S/C13H11N3O2S/c14-10-6-7-19-12(10)13-15-11(16-18-13)8-17-9-4-2-1-3-5-9/h1-7H,8,14H2. The lowest BCUT2D eigenvalue weighted by Crippen LogP contribution is -1.97. The van der Waals surface area contributed by atoms with Gasteiger partial charge in [0.05, 0.1) is 5.69 Å². The first-order valence-corrected chi connectivity index (χ1v) is 6.54. The van der Waals surface area contributed by atoms with Gasteiger partial charge in [-0.15, -0.1) is 11.3 Å². The van der Waals surface area contributed by atoms with Gasteiger partial charge in [0.25, 0.3) is 5.89 Å². The van der Waals surface area contributed by atoms with Crippen molar-refractivity contribution in [2.24, 2.45) is 0 Å². The number of benzene rings is 1. The van der Waals surface area contributed by atoms with Crippen LogP contribution < -0.4 is 10.5 Å². The average molecular weight is 273 g/mol. The van der Waals surface area contributed by atoms with Crippen molar-refractivity contribution >= 4 is 17.0 Å². The molecule has 0 aliphatic rings. The van der Waals surface area contributed by atoms with Crippen molar-refractivity contribution in [2.45, 2.75) is 6.61 Å². The number of hydrogen-bond acceptors (Lipinski definition) is 6. The van der Waals surface area contributed by atoms with E-state index >= 15 is 0 Å². The zero-order chi connectivity index (χ0) is 13.1. The molecule has 0 bridgehead atoms. The predicted molar refractivity (Wildman–Crippen MR) is 72.8 cm³/mol. The highest BCUT2D eigenvalue weighted by molar-refractivity contribution is 7.14. The number of thiophene rings is 1. The largest absolute Gasteiger partial charge is 0.485 e. The number of nitrogens with zero attached hydrogens (tertiary/aromatic N) is 2. The summed E-state index contributed by atoms with van der Waals surface area (Å²) in [5, 5.41) is 5.75. The molecule has 0 aliphatic carbocycles. The van der Waals surface area contributed by atoms with Crippen LogP contribution in [0.1, 0.15) is 5.82 Å². The number of rotatable bonds is 4. The predicted octanol–water partition coefficient (Wildman–Crippen LogP) is 2.96. The van der Waals surface area contributed by atoms with Crippen LogP contribution in [-0.4, -0.2) is 10.1 Å². The highest BCUT2D eigenvalue weighted by Crippen LogP contribution is 2.29. The van der Waals surface area contributed by atoms with Crippen molar-refractivity contribution in [1.82, 2.24) is 10.1 Å². The van der Waals surface area contributed by atoms with Crippen LogP contribution in [0.4, 0.5) is 5.69 Å². The van der Waals surface area contributed by atoms with E-state index in [2.05, 4.69) is 10.1 Å². The monoisotopic (exact) mass is 273 g/mol. The van der Waals surface area contributed by atoms with Gasteiger partial charge in [-0.05, 0) is 23.6 Å². The van der Waals surface area contributed by atoms with Crippen molar-refractivity contribution < 1.29 is 9.26 Å². The van der Waals surface area contributed by atoms with Crippen LogP contribution in [0.3, 0.4) is 0 Å². The Bertz CT molecular complexity index is 663. The molecule has 0 aliphatic heterocycles. The Morgan fingerprint density at radius 3 is 2.79 bits per heavy atom. The second-order valence-corrected chi connectivity index (χ2v) is 4.74. The Morgan fingerprint density at radius 1 is 1.21 bits per heavy atom. The molecule has 19 heavy (non-hydrogen) atoms. The topological polar surface area (TPSA) is 74.2 Å². The number of ether oxygens (including phenoxy) is 1. The maximum atomic E-state index is 5.80. The number of nitrogen functional groups attached to an aromatic ring is 1. The Hall–Kier alpha value is -2.34. The third-order valence-electron chi connectivity index (χ3n) is 2.47. The Labute approximate surface area is 113 Å². The van der Waals surface area contributed by atoms with Crippen LogP contribution in [0.2, 0.25) is 0 Å². The molecule has 2 heterocycles. The molecule has 0 saturated carbocycles. The van der Waals surface area contributed by atoms with Crippen LogP contribution in [0.25, 0.3) is 10.8 Å². The molecule has 0 spiro atoms. The van der Waals surface area contributed by atoms with Gasteiger partial charge in [-0.25, -0.2) is 0 Å². The van der Waals surface area contributed by atoms with E-state index in [9.17, 15) is 0 Å². The molecule has 0 amide bonds. The van der Waals surface area contributed by atoms with E-state index in [1.54, 1.807) is 0 Å². The minimum absolute atomic E-state index is 0.263. The molecule has 2 N–H and O–H groups in total. The SMILES string of the molecule is Nc1ccsc1-c1nc(COc2ccccc2)no1. The fourth-order valence-corrected chi connectivity index (χ4v) is 2.30. The second kappa shape index (κ2) is 5.11. The zero-order valence-corrected chi connectivity index (χ0v) is 10.8. The quantitative estimate of drug-likeness (QED) is 0.791. The van der Waals surface area contributed by atoms with Crippen molar-refractivity contribution in [1.29, 1.82) is 0 Å². The molecule has 0 atom stereocenters. The Kier molecular flexibility index (Phi) is 3.16. The third-order valence-corrected chi connectivity index (χ3v) is 3.39. The van der Waals surface area contributed by atoms with E-state index in [-0.39, 0.29) is 6.61 Å². The number of para-hydroxylation sites is 1. The molecule has 1 aromatic carbocycles. The van der Waals surface area contributed by atoms with Gasteiger partial charge in [0, 0.05) is 0 Å². The second-order valence-electron chi connectivity index (χ2n) is 3.82. The summed E-state index contributed by atoms with van der Waals surface area (Å²) in [6.07, 6.45) is 0. The van der Waals surface area contributed by atoms with Crippen molar-refractivity contribution in [2.75, 3.05) is 5.73 Å². The van der Waals surface area contributed by atoms with Crippen molar-refractivity contribution in [3.05, 3.63) is 47.6 Å². The summed E-state index contributed by atoms with van der Waals surface area (Å²) in [7, 11) is 0. The van der Waals surface area contributed by atoms with E-state index in [0.717, 1.165) is 10.6 Å². The van der Waals surface area contributed by atoms with Gasteiger partial charge in [-0.2, -0.15) is 4.98 Å². The minimum atomic E-state index is 0.263. The first-order chi connectivity index (χ1) is 9.33. The minimum Gasteiger partial charge on any atom is -0.485 e. The molecule has 0 fully saturated rings. The van der Waals surface area contributed by atoms with Gasteiger partial charge < -0.3 is 15.0 Å². The average Bonchev–Trinajstić information content (AvgIpc) is 3.06. The normalized spacial score (nSPS) is 10.5. The molecule has 96 valence electrons.